The largest absolute Gasteiger partial charge is 0.493 e. The van der Waals surface area contributed by atoms with Gasteiger partial charge in [0.1, 0.15) is 6.61 Å². The number of methoxy groups -OCH3 is 1. The van der Waals surface area contributed by atoms with Gasteiger partial charge in [-0.25, -0.2) is 0 Å². The number of amides is 2. The third-order valence-corrected chi connectivity index (χ3v) is 7.88. The van der Waals surface area contributed by atoms with E-state index in [9.17, 15) is 19.7 Å². The molecule has 1 heterocycles. The first-order valence-corrected chi connectivity index (χ1v) is 11.6. The van der Waals surface area contributed by atoms with Gasteiger partial charge in [0.25, 0.3) is 17.5 Å². The second-order valence-corrected chi connectivity index (χ2v) is 9.58. The molecule has 6 rings (SSSR count). The summed E-state index contributed by atoms with van der Waals surface area (Å²) in [7, 11) is 1.51. The molecule has 2 aromatic rings. The van der Waals surface area contributed by atoms with Crippen molar-refractivity contribution in [3.8, 4) is 11.5 Å². The van der Waals surface area contributed by atoms with E-state index in [1.165, 1.54) is 25.5 Å². The number of carbonyl (C=O) groups is 2. The number of imide groups is 1. The van der Waals surface area contributed by atoms with E-state index >= 15 is 0 Å². The van der Waals surface area contributed by atoms with Crippen molar-refractivity contribution in [1.29, 1.82) is 0 Å². The number of hydrazone groups is 1. The molecule has 3 fully saturated rings. The monoisotopic (exact) mass is 473 g/mol. The van der Waals surface area contributed by atoms with Gasteiger partial charge in [-0.3, -0.25) is 19.7 Å². The standard InChI is InChI=1S/C26H23N3O6/c1-34-21-12-16(4-9-20(21)35-14-15-2-5-17(6-3-15)29(32)33)13-27-28-24(30)22-18-7-8-19(23(22)25(28)31)26(18)10-11-26/h2-9,12-13,18-19,22-23H,10-11,14H2,1H3/b27-13-/t18-,19-,22+,23+/m1/s1. The van der Waals surface area contributed by atoms with Crippen LogP contribution in [0.3, 0.4) is 0 Å². The van der Waals surface area contributed by atoms with Gasteiger partial charge in [0.05, 0.1) is 30.1 Å². The van der Waals surface area contributed by atoms with Gasteiger partial charge in [-0.15, -0.1) is 0 Å². The molecule has 178 valence electrons. The van der Waals surface area contributed by atoms with Crippen molar-refractivity contribution in [3.05, 3.63) is 75.9 Å². The molecular formula is C26H23N3O6. The number of ether oxygens (including phenoxy) is 2. The minimum atomic E-state index is -0.450. The normalized spacial score (nSPS) is 27.2. The molecule has 1 spiro atoms. The third-order valence-electron chi connectivity index (χ3n) is 7.88. The molecule has 1 saturated heterocycles. The van der Waals surface area contributed by atoms with E-state index in [0.29, 0.717) is 17.1 Å². The van der Waals surface area contributed by atoms with Gasteiger partial charge in [0.15, 0.2) is 11.5 Å². The van der Waals surface area contributed by atoms with E-state index < -0.39 is 4.92 Å². The minimum absolute atomic E-state index is 0.0181. The van der Waals surface area contributed by atoms with Gasteiger partial charge in [-0.1, -0.05) is 12.2 Å². The average Bonchev–Trinajstić information content (AvgIpc) is 3.47. The topological polar surface area (TPSA) is 111 Å². The summed E-state index contributed by atoms with van der Waals surface area (Å²) < 4.78 is 11.3. The van der Waals surface area contributed by atoms with Gasteiger partial charge in [-0.05, 0) is 71.6 Å². The number of hydrogen-bond donors (Lipinski definition) is 0. The van der Waals surface area contributed by atoms with Crippen LogP contribution in [0.15, 0.2) is 59.7 Å². The van der Waals surface area contributed by atoms with Crippen LogP contribution in [0.1, 0.15) is 24.0 Å². The van der Waals surface area contributed by atoms with Crippen molar-refractivity contribution < 1.29 is 24.0 Å². The third kappa shape index (κ3) is 3.25. The van der Waals surface area contributed by atoms with Gasteiger partial charge < -0.3 is 9.47 Å². The number of carbonyl (C=O) groups excluding carboxylic acids is 2. The highest BCUT2D eigenvalue weighted by molar-refractivity contribution is 6.07. The average molecular weight is 473 g/mol. The number of rotatable bonds is 7. The lowest BCUT2D eigenvalue weighted by atomic mass is 9.85. The summed E-state index contributed by atoms with van der Waals surface area (Å²) in [5, 5.41) is 16.1. The number of nitrogens with zero attached hydrogens (tertiary/aromatic N) is 3. The Hall–Kier alpha value is -4.01. The number of benzene rings is 2. The molecule has 35 heavy (non-hydrogen) atoms. The van der Waals surface area contributed by atoms with Crippen LogP contribution in [0.2, 0.25) is 0 Å². The van der Waals surface area contributed by atoms with Crippen molar-refractivity contribution in [2.24, 2.45) is 34.2 Å². The molecule has 2 amide bonds. The summed E-state index contributed by atoms with van der Waals surface area (Å²) in [4.78, 5) is 36.5. The van der Waals surface area contributed by atoms with Crippen LogP contribution in [0.25, 0.3) is 0 Å². The number of allylic oxidation sites excluding steroid dienone is 2. The number of non-ortho nitro benzene ring substituents is 1. The summed E-state index contributed by atoms with van der Waals surface area (Å²) in [6, 6.07) is 11.3. The van der Waals surface area contributed by atoms with Crippen LogP contribution in [-0.2, 0) is 16.2 Å². The van der Waals surface area contributed by atoms with Crippen molar-refractivity contribution >= 4 is 23.7 Å². The molecule has 4 atom stereocenters. The fourth-order valence-electron chi connectivity index (χ4n) is 6.06. The first kappa shape index (κ1) is 21.5. The van der Waals surface area contributed by atoms with Crippen LogP contribution in [0, 0.1) is 39.2 Å². The van der Waals surface area contributed by atoms with Crippen molar-refractivity contribution in [1.82, 2.24) is 5.01 Å². The van der Waals surface area contributed by atoms with Crippen LogP contribution in [-0.4, -0.2) is 35.1 Å². The first-order chi connectivity index (χ1) is 16.9. The van der Waals surface area contributed by atoms with Crippen LogP contribution in [0.5, 0.6) is 11.5 Å². The Bertz CT molecular complexity index is 1260. The highest BCUT2D eigenvalue weighted by atomic mass is 16.6. The Morgan fingerprint density at radius 2 is 1.71 bits per heavy atom. The van der Waals surface area contributed by atoms with Gasteiger partial charge in [-0.2, -0.15) is 10.1 Å². The van der Waals surface area contributed by atoms with Crippen molar-refractivity contribution in [2.45, 2.75) is 19.4 Å². The molecule has 0 aromatic heterocycles. The molecule has 2 saturated carbocycles. The number of hydrogen-bond acceptors (Lipinski definition) is 7. The first-order valence-electron chi connectivity index (χ1n) is 11.6. The maximum atomic E-state index is 13.1. The highest BCUT2D eigenvalue weighted by Crippen LogP contribution is 2.73. The van der Waals surface area contributed by atoms with E-state index in [0.717, 1.165) is 23.4 Å². The second kappa shape index (κ2) is 7.76. The highest BCUT2D eigenvalue weighted by Gasteiger charge is 2.73. The molecule has 0 unspecified atom stereocenters. The maximum absolute atomic E-state index is 13.1. The van der Waals surface area contributed by atoms with Crippen LogP contribution < -0.4 is 9.47 Å². The fourth-order valence-corrected chi connectivity index (χ4v) is 6.06. The zero-order valence-corrected chi connectivity index (χ0v) is 19.0. The molecule has 9 heteroatoms. The van der Waals surface area contributed by atoms with Gasteiger partial charge in [0.2, 0.25) is 0 Å². The maximum Gasteiger partial charge on any atom is 0.269 e. The summed E-state index contributed by atoms with van der Waals surface area (Å²) >= 11 is 0. The number of fused-ring (bicyclic) bond motifs is 3. The molecule has 0 N–H and O–H groups in total. The van der Waals surface area contributed by atoms with E-state index in [2.05, 4.69) is 17.3 Å². The summed E-state index contributed by atoms with van der Waals surface area (Å²) in [5.41, 5.74) is 1.61. The summed E-state index contributed by atoms with van der Waals surface area (Å²) in [6.07, 6.45) is 7.96. The molecule has 2 aromatic carbocycles. The van der Waals surface area contributed by atoms with Crippen LogP contribution in [0.4, 0.5) is 5.69 Å². The molecule has 2 bridgehead atoms. The lowest BCUT2D eigenvalue weighted by Gasteiger charge is -2.18. The van der Waals surface area contributed by atoms with Crippen molar-refractivity contribution in [3.63, 3.8) is 0 Å². The predicted octanol–water partition coefficient (Wildman–Crippen LogP) is 3.71. The number of nitro benzene ring substituents is 1. The summed E-state index contributed by atoms with van der Waals surface area (Å²) in [5.74, 6) is 0.336. The minimum Gasteiger partial charge on any atom is -0.493 e. The fraction of sp³-hybridized carbons (Fsp3) is 0.346. The van der Waals surface area contributed by atoms with E-state index in [4.69, 9.17) is 9.47 Å². The zero-order valence-electron chi connectivity index (χ0n) is 19.0. The van der Waals surface area contributed by atoms with E-state index in [1.807, 2.05) is 0 Å². The Morgan fingerprint density at radius 1 is 1.06 bits per heavy atom. The molecule has 1 aliphatic heterocycles. The lowest BCUT2D eigenvalue weighted by molar-refractivity contribution is -0.384. The van der Waals surface area contributed by atoms with Gasteiger partial charge >= 0.3 is 0 Å². The SMILES string of the molecule is COc1cc(/C=N\N2C(=O)[C@@H]3[C@@H](C2=O)[C@H]2C=C[C@H]3C23CC3)ccc1OCc1ccc([N+](=O)[O-])cc1. The van der Waals surface area contributed by atoms with Crippen LogP contribution >= 0.6 is 0 Å². The van der Waals surface area contributed by atoms with Gasteiger partial charge in [0, 0.05) is 12.1 Å². The Morgan fingerprint density at radius 3 is 2.29 bits per heavy atom. The van der Waals surface area contributed by atoms with E-state index in [-0.39, 0.29) is 53.2 Å². The molecule has 9 nitrogen and oxygen atoms in total. The smallest absolute Gasteiger partial charge is 0.269 e. The quantitative estimate of drug-likeness (QED) is 0.199. The molecular weight excluding hydrogens is 450 g/mol. The van der Waals surface area contributed by atoms with E-state index in [1.54, 1.807) is 30.3 Å². The molecule has 0 radical (unpaired) electrons. The zero-order chi connectivity index (χ0) is 24.3. The molecule has 3 aliphatic carbocycles. The number of nitro groups is 1. The predicted molar refractivity (Wildman–Crippen MR) is 125 cm³/mol. The second-order valence-electron chi connectivity index (χ2n) is 9.58. The summed E-state index contributed by atoms with van der Waals surface area (Å²) in [6.45, 7) is 0.208. The Balaban J connectivity index is 1.14. The Labute approximate surface area is 201 Å². The molecule has 4 aliphatic rings. The van der Waals surface area contributed by atoms with Crippen molar-refractivity contribution in [2.75, 3.05) is 7.11 Å². The lowest BCUT2D eigenvalue weighted by Crippen LogP contribution is -2.30. The Kier molecular flexibility index (Phi) is 4.77.